The summed E-state index contributed by atoms with van der Waals surface area (Å²) in [5, 5.41) is 3.39. The maximum atomic E-state index is 6.01. The van der Waals surface area contributed by atoms with Gasteiger partial charge in [-0.3, -0.25) is 0 Å². The van der Waals surface area contributed by atoms with Gasteiger partial charge in [0.15, 0.2) is 0 Å². The Morgan fingerprint density at radius 3 is 2.61 bits per heavy atom. The lowest BCUT2D eigenvalue weighted by Crippen LogP contribution is -2.44. The molecule has 1 rings (SSSR count). The SMILES string of the molecule is CCCCOCCOC1CC(CC)CCC1NC. The van der Waals surface area contributed by atoms with Crippen LogP contribution in [0.1, 0.15) is 52.4 Å². The summed E-state index contributed by atoms with van der Waals surface area (Å²) in [5.74, 6) is 0.848. The number of ether oxygens (including phenoxy) is 2. The Morgan fingerprint density at radius 1 is 1.11 bits per heavy atom. The van der Waals surface area contributed by atoms with E-state index < -0.39 is 0 Å². The normalized spacial score (nSPS) is 28.5. The van der Waals surface area contributed by atoms with Crippen LogP contribution in [-0.4, -0.2) is 39.0 Å². The van der Waals surface area contributed by atoms with Gasteiger partial charge >= 0.3 is 0 Å². The van der Waals surface area contributed by atoms with Gasteiger partial charge in [0.05, 0.1) is 19.3 Å². The molecule has 1 aliphatic carbocycles. The van der Waals surface area contributed by atoms with Crippen LogP contribution < -0.4 is 5.32 Å². The van der Waals surface area contributed by atoms with Gasteiger partial charge in [-0.1, -0.05) is 26.7 Å². The summed E-state index contributed by atoms with van der Waals surface area (Å²) < 4.78 is 11.6. The van der Waals surface area contributed by atoms with E-state index in [1.807, 2.05) is 7.05 Å². The fraction of sp³-hybridized carbons (Fsp3) is 1.00. The number of unbranched alkanes of at least 4 members (excludes halogenated alkanes) is 1. The minimum atomic E-state index is 0.378. The molecular formula is C15H31NO2. The van der Waals surface area contributed by atoms with Crippen LogP contribution in [0.5, 0.6) is 0 Å². The average Bonchev–Trinajstić information content (AvgIpc) is 2.42. The first-order chi connectivity index (χ1) is 8.81. The van der Waals surface area contributed by atoms with Crippen molar-refractivity contribution in [1.29, 1.82) is 0 Å². The minimum Gasteiger partial charge on any atom is -0.379 e. The molecule has 1 N–H and O–H groups in total. The quantitative estimate of drug-likeness (QED) is 0.644. The lowest BCUT2D eigenvalue weighted by Gasteiger charge is -2.35. The van der Waals surface area contributed by atoms with E-state index >= 15 is 0 Å². The summed E-state index contributed by atoms with van der Waals surface area (Å²) in [6.45, 7) is 6.82. The highest BCUT2D eigenvalue weighted by molar-refractivity contribution is 4.84. The van der Waals surface area contributed by atoms with Crippen LogP contribution in [0.4, 0.5) is 0 Å². The van der Waals surface area contributed by atoms with Crippen LogP contribution in [0.15, 0.2) is 0 Å². The molecule has 3 heteroatoms. The standard InChI is InChI=1S/C15H31NO2/c1-4-6-9-17-10-11-18-15-12-13(5-2)7-8-14(15)16-3/h13-16H,4-12H2,1-3H3. The van der Waals surface area contributed by atoms with Crippen LogP contribution >= 0.6 is 0 Å². The van der Waals surface area contributed by atoms with E-state index in [4.69, 9.17) is 9.47 Å². The lowest BCUT2D eigenvalue weighted by molar-refractivity contribution is -0.0352. The highest BCUT2D eigenvalue weighted by atomic mass is 16.5. The predicted octanol–water partition coefficient (Wildman–Crippen LogP) is 2.99. The Hall–Kier alpha value is -0.120. The summed E-state index contributed by atoms with van der Waals surface area (Å²) in [5.41, 5.74) is 0. The third-order valence-corrected chi connectivity index (χ3v) is 4.05. The van der Waals surface area contributed by atoms with Crippen LogP contribution in [0, 0.1) is 5.92 Å². The van der Waals surface area contributed by atoms with E-state index in [-0.39, 0.29) is 0 Å². The van der Waals surface area contributed by atoms with E-state index in [0.717, 1.165) is 32.2 Å². The predicted molar refractivity (Wildman–Crippen MR) is 75.9 cm³/mol. The number of rotatable bonds is 9. The van der Waals surface area contributed by atoms with Gasteiger partial charge in [0, 0.05) is 12.6 Å². The molecule has 0 amide bonds. The van der Waals surface area contributed by atoms with Gasteiger partial charge < -0.3 is 14.8 Å². The Morgan fingerprint density at radius 2 is 1.94 bits per heavy atom. The molecule has 0 saturated heterocycles. The molecule has 3 nitrogen and oxygen atoms in total. The first kappa shape index (κ1) is 15.9. The van der Waals surface area contributed by atoms with Gasteiger partial charge in [-0.2, -0.15) is 0 Å². The van der Waals surface area contributed by atoms with Crippen LogP contribution in [0.3, 0.4) is 0 Å². The van der Waals surface area contributed by atoms with E-state index in [1.165, 1.54) is 32.1 Å². The van der Waals surface area contributed by atoms with Gasteiger partial charge in [0.1, 0.15) is 0 Å². The van der Waals surface area contributed by atoms with Crippen LogP contribution in [0.25, 0.3) is 0 Å². The summed E-state index contributed by atoms with van der Waals surface area (Å²) >= 11 is 0. The molecule has 0 aliphatic heterocycles. The van der Waals surface area contributed by atoms with Crippen molar-refractivity contribution in [2.75, 3.05) is 26.9 Å². The molecule has 3 unspecified atom stereocenters. The number of likely N-dealkylation sites (N-methyl/N-ethyl adjacent to an activating group) is 1. The minimum absolute atomic E-state index is 0.378. The third kappa shape index (κ3) is 5.68. The fourth-order valence-corrected chi connectivity index (χ4v) is 2.70. The topological polar surface area (TPSA) is 30.5 Å². The monoisotopic (exact) mass is 257 g/mol. The zero-order valence-corrected chi connectivity index (χ0v) is 12.4. The van der Waals surface area contributed by atoms with Crippen molar-refractivity contribution in [2.24, 2.45) is 5.92 Å². The second-order valence-corrected chi connectivity index (χ2v) is 5.36. The molecular weight excluding hydrogens is 226 g/mol. The second kappa shape index (κ2) is 9.76. The molecule has 0 aromatic heterocycles. The van der Waals surface area contributed by atoms with Crippen LogP contribution in [0.2, 0.25) is 0 Å². The van der Waals surface area contributed by atoms with Crippen molar-refractivity contribution < 1.29 is 9.47 Å². The first-order valence-electron chi connectivity index (χ1n) is 7.68. The zero-order valence-electron chi connectivity index (χ0n) is 12.4. The molecule has 0 aromatic rings. The largest absolute Gasteiger partial charge is 0.379 e. The number of nitrogens with one attached hydrogen (secondary N) is 1. The van der Waals surface area contributed by atoms with Gasteiger partial charge in [0.25, 0.3) is 0 Å². The number of hydrogen-bond donors (Lipinski definition) is 1. The highest BCUT2D eigenvalue weighted by Gasteiger charge is 2.29. The molecule has 0 heterocycles. The Bertz CT molecular complexity index is 199. The maximum Gasteiger partial charge on any atom is 0.0731 e. The summed E-state index contributed by atoms with van der Waals surface area (Å²) in [6.07, 6.45) is 7.80. The summed E-state index contributed by atoms with van der Waals surface area (Å²) in [6, 6.07) is 0.531. The maximum absolute atomic E-state index is 6.01. The highest BCUT2D eigenvalue weighted by Crippen LogP contribution is 2.28. The van der Waals surface area contributed by atoms with E-state index in [2.05, 4.69) is 19.2 Å². The van der Waals surface area contributed by atoms with Crippen molar-refractivity contribution in [3.63, 3.8) is 0 Å². The zero-order chi connectivity index (χ0) is 13.2. The third-order valence-electron chi connectivity index (χ3n) is 4.05. The van der Waals surface area contributed by atoms with Crippen LogP contribution in [-0.2, 0) is 9.47 Å². The van der Waals surface area contributed by atoms with Gasteiger partial charge in [-0.05, 0) is 38.6 Å². The molecule has 1 aliphatic rings. The molecule has 1 fully saturated rings. The molecule has 0 spiro atoms. The lowest BCUT2D eigenvalue weighted by atomic mass is 9.82. The second-order valence-electron chi connectivity index (χ2n) is 5.36. The molecule has 1 saturated carbocycles. The average molecular weight is 257 g/mol. The van der Waals surface area contributed by atoms with Crippen molar-refractivity contribution in [3.8, 4) is 0 Å². The van der Waals surface area contributed by atoms with E-state index in [0.29, 0.717) is 12.1 Å². The molecule has 3 atom stereocenters. The van der Waals surface area contributed by atoms with Crippen molar-refractivity contribution in [3.05, 3.63) is 0 Å². The van der Waals surface area contributed by atoms with Crippen molar-refractivity contribution >= 4 is 0 Å². The number of hydrogen-bond acceptors (Lipinski definition) is 3. The Kier molecular flexibility index (Phi) is 8.64. The fourth-order valence-electron chi connectivity index (χ4n) is 2.70. The Balaban J connectivity index is 2.16. The first-order valence-corrected chi connectivity index (χ1v) is 7.68. The molecule has 0 aromatic carbocycles. The summed E-state index contributed by atoms with van der Waals surface area (Å²) in [7, 11) is 2.05. The van der Waals surface area contributed by atoms with E-state index in [9.17, 15) is 0 Å². The molecule has 18 heavy (non-hydrogen) atoms. The van der Waals surface area contributed by atoms with Crippen molar-refractivity contribution in [1.82, 2.24) is 5.32 Å². The van der Waals surface area contributed by atoms with Gasteiger partial charge in [-0.25, -0.2) is 0 Å². The van der Waals surface area contributed by atoms with E-state index in [1.54, 1.807) is 0 Å². The summed E-state index contributed by atoms with van der Waals surface area (Å²) in [4.78, 5) is 0. The van der Waals surface area contributed by atoms with Gasteiger partial charge in [0.2, 0.25) is 0 Å². The smallest absolute Gasteiger partial charge is 0.0731 e. The van der Waals surface area contributed by atoms with Gasteiger partial charge in [-0.15, -0.1) is 0 Å². The molecule has 0 bridgehead atoms. The molecule has 108 valence electrons. The molecule has 0 radical (unpaired) electrons. The Labute approximate surface area is 113 Å². The van der Waals surface area contributed by atoms with Crippen molar-refractivity contribution in [2.45, 2.75) is 64.5 Å².